The largest absolute Gasteiger partial charge is 0.396 e. The Hall–Kier alpha value is -1.04. The molecular formula is C13H19F2NO2. The summed E-state index contributed by atoms with van der Waals surface area (Å²) in [6.45, 7) is 2.07. The van der Waals surface area contributed by atoms with Crippen molar-refractivity contribution < 1.29 is 19.0 Å². The van der Waals surface area contributed by atoms with Gasteiger partial charge in [-0.05, 0) is 31.9 Å². The fraction of sp³-hybridized carbons (Fsp3) is 0.538. The lowest BCUT2D eigenvalue weighted by atomic mass is 10.1. The van der Waals surface area contributed by atoms with Crippen molar-refractivity contribution in [3.05, 3.63) is 35.4 Å². The first-order valence-electron chi connectivity index (χ1n) is 6.02. The molecule has 0 aliphatic heterocycles. The van der Waals surface area contributed by atoms with Gasteiger partial charge in [0.1, 0.15) is 11.6 Å². The van der Waals surface area contributed by atoms with Gasteiger partial charge in [0.05, 0.1) is 11.7 Å². The van der Waals surface area contributed by atoms with Crippen molar-refractivity contribution in [2.24, 2.45) is 0 Å². The van der Waals surface area contributed by atoms with Crippen molar-refractivity contribution >= 4 is 0 Å². The number of hydrogen-bond donors (Lipinski definition) is 3. The summed E-state index contributed by atoms with van der Waals surface area (Å²) < 4.78 is 26.7. The third-order valence-corrected chi connectivity index (χ3v) is 2.79. The Morgan fingerprint density at radius 2 is 1.89 bits per heavy atom. The average Bonchev–Trinajstić information content (AvgIpc) is 2.33. The van der Waals surface area contributed by atoms with E-state index in [9.17, 15) is 13.9 Å². The fourth-order valence-electron chi connectivity index (χ4n) is 1.74. The number of hydrogen-bond acceptors (Lipinski definition) is 3. The highest BCUT2D eigenvalue weighted by molar-refractivity contribution is 5.22. The lowest BCUT2D eigenvalue weighted by Gasteiger charge is -2.17. The molecule has 0 fully saturated rings. The van der Waals surface area contributed by atoms with E-state index in [1.165, 1.54) is 6.07 Å². The van der Waals surface area contributed by atoms with E-state index < -0.39 is 17.7 Å². The SMILES string of the molecule is CC(CCCO)NCC(O)c1c(F)cccc1F. The van der Waals surface area contributed by atoms with Crippen LogP contribution in [0.2, 0.25) is 0 Å². The molecular weight excluding hydrogens is 240 g/mol. The van der Waals surface area contributed by atoms with Gasteiger partial charge < -0.3 is 15.5 Å². The molecule has 0 amide bonds. The van der Waals surface area contributed by atoms with Crippen LogP contribution < -0.4 is 5.32 Å². The van der Waals surface area contributed by atoms with E-state index in [0.717, 1.165) is 18.6 Å². The van der Waals surface area contributed by atoms with Crippen molar-refractivity contribution in [1.29, 1.82) is 0 Å². The van der Waals surface area contributed by atoms with Crippen LogP contribution in [0.3, 0.4) is 0 Å². The summed E-state index contributed by atoms with van der Waals surface area (Å²) in [5.74, 6) is -1.49. The van der Waals surface area contributed by atoms with E-state index in [1.54, 1.807) is 0 Å². The molecule has 3 N–H and O–H groups in total. The van der Waals surface area contributed by atoms with Crippen LogP contribution in [0.1, 0.15) is 31.4 Å². The zero-order valence-electron chi connectivity index (χ0n) is 10.4. The maximum absolute atomic E-state index is 13.4. The van der Waals surface area contributed by atoms with Crippen molar-refractivity contribution in [2.75, 3.05) is 13.2 Å². The molecule has 0 aliphatic carbocycles. The molecule has 0 saturated carbocycles. The van der Waals surface area contributed by atoms with E-state index in [2.05, 4.69) is 5.32 Å². The third kappa shape index (κ3) is 4.33. The third-order valence-electron chi connectivity index (χ3n) is 2.79. The second-order valence-corrected chi connectivity index (χ2v) is 4.33. The molecule has 102 valence electrons. The summed E-state index contributed by atoms with van der Waals surface area (Å²) in [6.07, 6.45) is 0.171. The predicted molar refractivity (Wildman–Crippen MR) is 65.1 cm³/mol. The van der Waals surface area contributed by atoms with Crippen LogP contribution in [0.4, 0.5) is 8.78 Å². The summed E-state index contributed by atoms with van der Waals surface area (Å²) in [6, 6.07) is 3.58. The molecule has 1 aromatic rings. The van der Waals surface area contributed by atoms with Gasteiger partial charge in [-0.2, -0.15) is 0 Å². The molecule has 2 unspecified atom stereocenters. The molecule has 2 atom stereocenters. The summed E-state index contributed by atoms with van der Waals surface area (Å²) in [7, 11) is 0. The summed E-state index contributed by atoms with van der Waals surface area (Å²) >= 11 is 0. The van der Waals surface area contributed by atoms with Gasteiger partial charge >= 0.3 is 0 Å². The molecule has 1 rings (SSSR count). The minimum absolute atomic E-state index is 0.0710. The monoisotopic (exact) mass is 259 g/mol. The van der Waals surface area contributed by atoms with Crippen molar-refractivity contribution in [3.63, 3.8) is 0 Å². The number of benzene rings is 1. The number of aliphatic hydroxyl groups excluding tert-OH is 2. The van der Waals surface area contributed by atoms with Gasteiger partial charge in [-0.25, -0.2) is 8.78 Å². The molecule has 0 spiro atoms. The first-order valence-corrected chi connectivity index (χ1v) is 6.02. The van der Waals surface area contributed by atoms with Gasteiger partial charge in [-0.1, -0.05) is 6.07 Å². The van der Waals surface area contributed by atoms with Crippen LogP contribution in [0.25, 0.3) is 0 Å². The van der Waals surface area contributed by atoms with Gasteiger partial charge in [0.2, 0.25) is 0 Å². The summed E-state index contributed by atoms with van der Waals surface area (Å²) in [4.78, 5) is 0. The second kappa shape index (κ2) is 7.41. The topological polar surface area (TPSA) is 52.5 Å². The van der Waals surface area contributed by atoms with E-state index in [0.29, 0.717) is 6.42 Å². The zero-order chi connectivity index (χ0) is 13.5. The van der Waals surface area contributed by atoms with Crippen molar-refractivity contribution in [2.45, 2.75) is 31.9 Å². The first-order chi connectivity index (χ1) is 8.56. The highest BCUT2D eigenvalue weighted by Crippen LogP contribution is 2.20. The van der Waals surface area contributed by atoms with Gasteiger partial charge in [-0.3, -0.25) is 0 Å². The average molecular weight is 259 g/mol. The van der Waals surface area contributed by atoms with Gasteiger partial charge in [-0.15, -0.1) is 0 Å². The minimum Gasteiger partial charge on any atom is -0.396 e. The molecule has 0 radical (unpaired) electrons. The predicted octanol–water partition coefficient (Wildman–Crippen LogP) is 1.75. The Morgan fingerprint density at radius 1 is 1.28 bits per heavy atom. The lowest BCUT2D eigenvalue weighted by Crippen LogP contribution is -2.31. The summed E-state index contributed by atoms with van der Waals surface area (Å²) in [5.41, 5.74) is -0.306. The number of halogens is 2. The van der Waals surface area contributed by atoms with Crippen LogP contribution in [0, 0.1) is 11.6 Å². The van der Waals surface area contributed by atoms with Crippen LogP contribution >= 0.6 is 0 Å². The smallest absolute Gasteiger partial charge is 0.131 e. The lowest BCUT2D eigenvalue weighted by molar-refractivity contribution is 0.159. The second-order valence-electron chi connectivity index (χ2n) is 4.33. The molecule has 0 bridgehead atoms. The Morgan fingerprint density at radius 3 is 2.44 bits per heavy atom. The van der Waals surface area contributed by atoms with Crippen molar-refractivity contribution in [1.82, 2.24) is 5.32 Å². The molecule has 1 aromatic carbocycles. The minimum atomic E-state index is -1.22. The summed E-state index contributed by atoms with van der Waals surface area (Å²) in [5, 5.41) is 21.4. The van der Waals surface area contributed by atoms with Gasteiger partial charge in [0.15, 0.2) is 0 Å². The Bertz CT molecular complexity index is 354. The number of nitrogens with one attached hydrogen (secondary N) is 1. The molecule has 0 heterocycles. The Kier molecular flexibility index (Phi) is 6.18. The van der Waals surface area contributed by atoms with E-state index in [-0.39, 0.29) is 24.8 Å². The zero-order valence-corrected chi connectivity index (χ0v) is 10.4. The van der Waals surface area contributed by atoms with Crippen LogP contribution in [0.5, 0.6) is 0 Å². The number of rotatable bonds is 7. The van der Waals surface area contributed by atoms with Gasteiger partial charge in [0, 0.05) is 19.2 Å². The maximum atomic E-state index is 13.4. The molecule has 0 aliphatic rings. The number of aliphatic hydroxyl groups is 2. The maximum Gasteiger partial charge on any atom is 0.131 e. The van der Waals surface area contributed by atoms with Gasteiger partial charge in [0.25, 0.3) is 0 Å². The Labute approximate surface area is 105 Å². The molecule has 5 heteroatoms. The molecule has 0 saturated heterocycles. The molecule has 18 heavy (non-hydrogen) atoms. The van der Waals surface area contributed by atoms with Crippen LogP contribution in [-0.2, 0) is 0 Å². The Balaban J connectivity index is 2.52. The van der Waals surface area contributed by atoms with Crippen molar-refractivity contribution in [3.8, 4) is 0 Å². The highest BCUT2D eigenvalue weighted by Gasteiger charge is 2.17. The molecule has 0 aromatic heterocycles. The quantitative estimate of drug-likeness (QED) is 0.699. The standard InChI is InChI=1S/C13H19F2NO2/c1-9(4-3-7-17)16-8-12(18)13-10(14)5-2-6-11(13)15/h2,5-6,9,12,16-18H,3-4,7-8H2,1H3. The van der Waals surface area contributed by atoms with E-state index >= 15 is 0 Å². The normalized spacial score (nSPS) is 14.5. The van der Waals surface area contributed by atoms with E-state index in [1.807, 2.05) is 6.92 Å². The highest BCUT2D eigenvalue weighted by atomic mass is 19.1. The first kappa shape index (κ1) is 15.0. The molecule has 3 nitrogen and oxygen atoms in total. The van der Waals surface area contributed by atoms with Crippen LogP contribution in [-0.4, -0.2) is 29.4 Å². The fourth-order valence-corrected chi connectivity index (χ4v) is 1.74. The van der Waals surface area contributed by atoms with E-state index in [4.69, 9.17) is 5.11 Å². The van der Waals surface area contributed by atoms with Crippen LogP contribution in [0.15, 0.2) is 18.2 Å².